The number of nitrogens with zero attached hydrogens (tertiary/aromatic N) is 1. The first-order valence-electron chi connectivity index (χ1n) is 10.8. The van der Waals surface area contributed by atoms with Crippen LogP contribution in [0.4, 0.5) is 0 Å². The van der Waals surface area contributed by atoms with Gasteiger partial charge in [-0.3, -0.25) is 0 Å². The number of rotatable bonds is 10. The van der Waals surface area contributed by atoms with Gasteiger partial charge >= 0.3 is 5.97 Å². The largest absolute Gasteiger partial charge is 0.497 e. The number of hydrogen-bond acceptors (Lipinski definition) is 6. The monoisotopic (exact) mass is 463 g/mol. The molecule has 2 aromatic carbocycles. The van der Waals surface area contributed by atoms with Gasteiger partial charge in [-0.2, -0.15) is 0 Å². The molecule has 0 aromatic heterocycles. The topological polar surface area (TPSA) is 57.2 Å². The molecular weight excluding hydrogens is 430 g/mol. The van der Waals surface area contributed by atoms with E-state index in [0.717, 1.165) is 44.4 Å². The molecule has 1 atom stereocenters. The van der Waals surface area contributed by atoms with E-state index in [0.29, 0.717) is 29.7 Å². The van der Waals surface area contributed by atoms with Gasteiger partial charge in [0, 0.05) is 6.04 Å². The van der Waals surface area contributed by atoms with Gasteiger partial charge in [0.15, 0.2) is 11.5 Å². The summed E-state index contributed by atoms with van der Waals surface area (Å²) >= 11 is 0. The SMILES string of the molecule is COc1ccc2c(c1)CCC(N(C)CCCCOC(=O)c1ccc(OC)c(OC)c1)C2.Cl. The molecule has 1 aliphatic rings. The molecule has 1 unspecified atom stereocenters. The maximum absolute atomic E-state index is 12.3. The molecule has 0 amide bonds. The molecule has 0 spiro atoms. The molecule has 0 bridgehead atoms. The van der Waals surface area contributed by atoms with Crippen molar-refractivity contribution in [3.8, 4) is 17.2 Å². The standard InChI is InChI=1S/C25H33NO5.ClH/c1-26(21-10-7-19-16-22(28-2)11-8-18(19)15-21)13-5-6-14-31-25(27)20-9-12-23(29-3)24(17-20)30-4;/h8-9,11-12,16-17,21H,5-7,10,13-15H2,1-4H3;1H. The van der Waals surface area contributed by atoms with Crippen LogP contribution in [0.15, 0.2) is 36.4 Å². The van der Waals surface area contributed by atoms with Crippen molar-refractivity contribution < 1.29 is 23.7 Å². The van der Waals surface area contributed by atoms with Crippen molar-refractivity contribution in [3.63, 3.8) is 0 Å². The molecule has 0 N–H and O–H groups in total. The summed E-state index contributed by atoms with van der Waals surface area (Å²) in [4.78, 5) is 14.7. The Hall–Kier alpha value is -2.44. The molecule has 0 heterocycles. The minimum Gasteiger partial charge on any atom is -0.497 e. The van der Waals surface area contributed by atoms with E-state index < -0.39 is 0 Å². The van der Waals surface area contributed by atoms with Crippen LogP contribution in [0.1, 0.15) is 40.7 Å². The van der Waals surface area contributed by atoms with Gasteiger partial charge < -0.3 is 23.8 Å². The minimum atomic E-state index is -0.339. The fraction of sp³-hybridized carbons (Fsp3) is 0.480. The fourth-order valence-corrected chi connectivity index (χ4v) is 4.07. The quantitative estimate of drug-likeness (QED) is 0.380. The average Bonchev–Trinajstić information content (AvgIpc) is 2.82. The highest BCUT2D eigenvalue weighted by Crippen LogP contribution is 2.28. The molecule has 2 aromatic rings. The van der Waals surface area contributed by atoms with Gasteiger partial charge in [-0.05, 0) is 87.2 Å². The van der Waals surface area contributed by atoms with E-state index in [4.69, 9.17) is 18.9 Å². The molecule has 0 radical (unpaired) electrons. The number of esters is 1. The lowest BCUT2D eigenvalue weighted by atomic mass is 9.87. The van der Waals surface area contributed by atoms with Gasteiger partial charge in [-0.15, -0.1) is 12.4 Å². The fourth-order valence-electron chi connectivity index (χ4n) is 4.07. The number of aryl methyl sites for hydroxylation is 1. The third-order valence-corrected chi connectivity index (χ3v) is 6.00. The van der Waals surface area contributed by atoms with Gasteiger partial charge in [-0.1, -0.05) is 6.07 Å². The van der Waals surface area contributed by atoms with Crippen molar-refractivity contribution in [3.05, 3.63) is 53.1 Å². The minimum absolute atomic E-state index is 0. The average molecular weight is 464 g/mol. The van der Waals surface area contributed by atoms with Gasteiger partial charge in [0.25, 0.3) is 0 Å². The number of benzene rings is 2. The van der Waals surface area contributed by atoms with E-state index >= 15 is 0 Å². The van der Waals surface area contributed by atoms with Crippen LogP contribution in [-0.4, -0.2) is 58.4 Å². The maximum Gasteiger partial charge on any atom is 0.338 e. The van der Waals surface area contributed by atoms with Crippen LogP contribution in [0, 0.1) is 0 Å². The van der Waals surface area contributed by atoms with E-state index in [2.05, 4.69) is 24.1 Å². The highest BCUT2D eigenvalue weighted by Gasteiger charge is 2.22. The molecular formula is C25H34ClNO5. The van der Waals surface area contributed by atoms with E-state index in [1.54, 1.807) is 39.5 Å². The molecule has 0 saturated carbocycles. The third kappa shape index (κ3) is 6.53. The summed E-state index contributed by atoms with van der Waals surface area (Å²) in [5.41, 5.74) is 3.30. The van der Waals surface area contributed by atoms with Crippen molar-refractivity contribution in [1.29, 1.82) is 0 Å². The highest BCUT2D eigenvalue weighted by molar-refractivity contribution is 5.90. The Morgan fingerprint density at radius 3 is 2.47 bits per heavy atom. The molecule has 0 aliphatic heterocycles. The molecule has 0 saturated heterocycles. The van der Waals surface area contributed by atoms with Gasteiger partial charge in [0.05, 0.1) is 33.5 Å². The number of halogens is 1. The van der Waals surface area contributed by atoms with E-state index in [1.165, 1.54) is 11.1 Å². The number of carbonyl (C=O) groups excluding carboxylic acids is 1. The number of ether oxygens (including phenoxy) is 4. The van der Waals surface area contributed by atoms with Crippen LogP contribution >= 0.6 is 12.4 Å². The number of fused-ring (bicyclic) bond motifs is 1. The summed E-state index contributed by atoms with van der Waals surface area (Å²) in [7, 11) is 7.02. The predicted octanol–water partition coefficient (Wildman–Crippen LogP) is 4.56. The summed E-state index contributed by atoms with van der Waals surface area (Å²) in [6.07, 6.45) is 5.14. The first-order chi connectivity index (χ1) is 15.0. The smallest absolute Gasteiger partial charge is 0.338 e. The first kappa shape index (κ1) is 25.8. The lowest BCUT2D eigenvalue weighted by Crippen LogP contribution is -2.37. The van der Waals surface area contributed by atoms with Gasteiger partial charge in [0.2, 0.25) is 0 Å². The maximum atomic E-state index is 12.3. The summed E-state index contributed by atoms with van der Waals surface area (Å²) in [5, 5.41) is 0. The number of likely N-dealkylation sites (N-methyl/N-ethyl adjacent to an activating group) is 1. The van der Waals surface area contributed by atoms with E-state index in [-0.39, 0.29) is 18.4 Å². The van der Waals surface area contributed by atoms with E-state index in [1.807, 2.05) is 6.07 Å². The second-order valence-electron chi connectivity index (χ2n) is 7.92. The van der Waals surface area contributed by atoms with Crippen molar-refractivity contribution in [2.45, 2.75) is 38.1 Å². The van der Waals surface area contributed by atoms with Crippen LogP contribution in [0.2, 0.25) is 0 Å². The van der Waals surface area contributed by atoms with Gasteiger partial charge in [0.1, 0.15) is 5.75 Å². The first-order valence-corrected chi connectivity index (χ1v) is 10.8. The Morgan fingerprint density at radius 2 is 1.75 bits per heavy atom. The molecule has 32 heavy (non-hydrogen) atoms. The van der Waals surface area contributed by atoms with Crippen molar-refractivity contribution in [1.82, 2.24) is 4.90 Å². The second kappa shape index (κ2) is 12.6. The summed E-state index contributed by atoms with van der Waals surface area (Å²) in [5.74, 6) is 1.71. The molecule has 7 heteroatoms. The molecule has 176 valence electrons. The number of hydrogen-bond donors (Lipinski definition) is 0. The van der Waals surface area contributed by atoms with Crippen molar-refractivity contribution in [2.75, 3.05) is 41.5 Å². The summed E-state index contributed by atoms with van der Waals surface area (Å²) < 4.78 is 21.2. The lowest BCUT2D eigenvalue weighted by Gasteiger charge is -2.32. The summed E-state index contributed by atoms with van der Waals surface area (Å²) in [6, 6.07) is 12.0. The Kier molecular flexibility index (Phi) is 10.1. The van der Waals surface area contributed by atoms with Crippen molar-refractivity contribution >= 4 is 18.4 Å². The Morgan fingerprint density at radius 1 is 0.969 bits per heavy atom. The third-order valence-electron chi connectivity index (χ3n) is 6.00. The normalized spacial score (nSPS) is 14.8. The Balaban J connectivity index is 0.00000363. The Bertz CT molecular complexity index is 889. The zero-order chi connectivity index (χ0) is 22.2. The van der Waals surface area contributed by atoms with Crippen LogP contribution in [0.3, 0.4) is 0 Å². The van der Waals surface area contributed by atoms with Crippen LogP contribution in [0.25, 0.3) is 0 Å². The number of methoxy groups -OCH3 is 3. The van der Waals surface area contributed by atoms with Crippen LogP contribution in [-0.2, 0) is 17.6 Å². The molecule has 3 rings (SSSR count). The molecule has 1 aliphatic carbocycles. The predicted molar refractivity (Wildman–Crippen MR) is 128 cm³/mol. The van der Waals surface area contributed by atoms with Crippen LogP contribution < -0.4 is 14.2 Å². The lowest BCUT2D eigenvalue weighted by molar-refractivity contribution is 0.0493. The van der Waals surface area contributed by atoms with E-state index in [9.17, 15) is 4.79 Å². The van der Waals surface area contributed by atoms with Gasteiger partial charge in [-0.25, -0.2) is 4.79 Å². The Labute approximate surface area is 197 Å². The summed E-state index contributed by atoms with van der Waals surface area (Å²) in [6.45, 7) is 1.40. The number of unbranched alkanes of at least 4 members (excludes halogenated alkanes) is 1. The second-order valence-corrected chi connectivity index (χ2v) is 7.92. The zero-order valence-electron chi connectivity index (χ0n) is 19.4. The highest BCUT2D eigenvalue weighted by atomic mass is 35.5. The van der Waals surface area contributed by atoms with Crippen molar-refractivity contribution in [2.24, 2.45) is 0 Å². The zero-order valence-corrected chi connectivity index (χ0v) is 20.2. The van der Waals surface area contributed by atoms with Crippen LogP contribution in [0.5, 0.6) is 17.2 Å². The molecule has 0 fully saturated rings. The molecule has 6 nitrogen and oxygen atoms in total. The number of carbonyl (C=O) groups is 1.